The van der Waals surface area contributed by atoms with E-state index in [1.807, 2.05) is 0 Å². The van der Waals surface area contributed by atoms with E-state index in [0.29, 0.717) is 6.54 Å². The maximum absolute atomic E-state index is 12.8. The Bertz CT molecular complexity index is 511. The molecule has 0 heterocycles. The van der Waals surface area contributed by atoms with Gasteiger partial charge in [0, 0.05) is 19.7 Å². The minimum absolute atomic E-state index is 0.0127. The van der Waals surface area contributed by atoms with Crippen molar-refractivity contribution < 1.29 is 17.5 Å². The predicted octanol–water partition coefficient (Wildman–Crippen LogP) is 1.77. The van der Waals surface area contributed by atoms with Crippen LogP contribution in [0.2, 0.25) is 0 Å². The van der Waals surface area contributed by atoms with Crippen molar-refractivity contribution in [3.8, 4) is 0 Å². The van der Waals surface area contributed by atoms with E-state index in [2.05, 4.69) is 0 Å². The molecule has 2 rings (SSSR count). The van der Waals surface area contributed by atoms with Crippen LogP contribution >= 0.6 is 0 Å². The van der Waals surface area contributed by atoms with Gasteiger partial charge in [-0.25, -0.2) is 12.8 Å². The molecule has 0 aliphatic heterocycles. The molecule has 0 aromatic heterocycles. The van der Waals surface area contributed by atoms with Crippen molar-refractivity contribution in [2.75, 3.05) is 19.5 Å². The summed E-state index contributed by atoms with van der Waals surface area (Å²) in [5.74, 6) is -0.328. The maximum atomic E-state index is 12.8. The van der Waals surface area contributed by atoms with Crippen LogP contribution < -0.4 is 0 Å². The number of methoxy groups -OCH3 is 1. The van der Waals surface area contributed by atoms with Gasteiger partial charge in [-0.1, -0.05) is 12.1 Å². The number of halogens is 1. The molecule has 1 aromatic rings. The number of hydrogen-bond donors (Lipinski definition) is 0. The third kappa shape index (κ3) is 3.99. The highest BCUT2D eigenvalue weighted by Crippen LogP contribution is 2.31. The largest absolute Gasteiger partial charge is 0.384 e. The summed E-state index contributed by atoms with van der Waals surface area (Å²) in [6.07, 6.45) is 1.79. The summed E-state index contributed by atoms with van der Waals surface area (Å²) in [7, 11) is -1.83. The SMILES string of the molecule is COCCS(=O)(=O)N(Cc1ccc(F)cc1)C1CC1. The minimum atomic E-state index is -3.32. The van der Waals surface area contributed by atoms with Gasteiger partial charge in [0.2, 0.25) is 10.0 Å². The van der Waals surface area contributed by atoms with Gasteiger partial charge in [0.05, 0.1) is 12.4 Å². The van der Waals surface area contributed by atoms with Gasteiger partial charge in [0.25, 0.3) is 0 Å². The second kappa shape index (κ2) is 5.98. The quantitative estimate of drug-likeness (QED) is 0.768. The Morgan fingerprint density at radius 1 is 1.32 bits per heavy atom. The monoisotopic (exact) mass is 287 g/mol. The Morgan fingerprint density at radius 2 is 1.95 bits per heavy atom. The summed E-state index contributed by atoms with van der Waals surface area (Å²) in [6, 6.07) is 6.03. The molecule has 19 heavy (non-hydrogen) atoms. The number of nitrogens with zero attached hydrogens (tertiary/aromatic N) is 1. The summed E-state index contributed by atoms with van der Waals surface area (Å²) in [5.41, 5.74) is 0.800. The molecule has 0 N–H and O–H groups in total. The fourth-order valence-corrected chi connectivity index (χ4v) is 3.52. The van der Waals surface area contributed by atoms with E-state index in [4.69, 9.17) is 4.74 Å². The van der Waals surface area contributed by atoms with Crippen LogP contribution in [-0.2, 0) is 21.3 Å². The van der Waals surface area contributed by atoms with Crippen LogP contribution in [0, 0.1) is 5.82 Å². The first-order chi connectivity index (χ1) is 9.03. The van der Waals surface area contributed by atoms with Crippen molar-refractivity contribution in [3.05, 3.63) is 35.6 Å². The molecular weight excluding hydrogens is 269 g/mol. The van der Waals surface area contributed by atoms with Gasteiger partial charge in [-0.2, -0.15) is 4.31 Å². The Kier molecular flexibility index (Phi) is 4.54. The highest BCUT2D eigenvalue weighted by Gasteiger charge is 2.36. The van der Waals surface area contributed by atoms with E-state index in [1.54, 1.807) is 12.1 Å². The smallest absolute Gasteiger partial charge is 0.216 e. The molecule has 0 radical (unpaired) electrons. The van der Waals surface area contributed by atoms with Crippen molar-refractivity contribution in [3.63, 3.8) is 0 Å². The van der Waals surface area contributed by atoms with Crippen LogP contribution in [0.3, 0.4) is 0 Å². The van der Waals surface area contributed by atoms with Crippen molar-refractivity contribution in [2.24, 2.45) is 0 Å². The van der Waals surface area contributed by atoms with E-state index in [-0.39, 0.29) is 24.2 Å². The first-order valence-electron chi connectivity index (χ1n) is 6.26. The van der Waals surface area contributed by atoms with Gasteiger partial charge in [-0.05, 0) is 30.5 Å². The molecule has 1 aliphatic rings. The number of ether oxygens (including phenoxy) is 1. The fraction of sp³-hybridized carbons (Fsp3) is 0.538. The molecule has 1 aromatic carbocycles. The van der Waals surface area contributed by atoms with Crippen molar-refractivity contribution in [2.45, 2.75) is 25.4 Å². The van der Waals surface area contributed by atoms with Crippen molar-refractivity contribution in [1.29, 1.82) is 0 Å². The predicted molar refractivity (Wildman–Crippen MR) is 70.6 cm³/mol. The average Bonchev–Trinajstić information content (AvgIpc) is 3.20. The molecule has 0 spiro atoms. The van der Waals surface area contributed by atoms with E-state index in [9.17, 15) is 12.8 Å². The van der Waals surface area contributed by atoms with E-state index < -0.39 is 10.0 Å². The lowest BCUT2D eigenvalue weighted by molar-refractivity contribution is 0.215. The first kappa shape index (κ1) is 14.4. The van der Waals surface area contributed by atoms with Gasteiger partial charge in [0.1, 0.15) is 5.82 Å². The van der Waals surface area contributed by atoms with E-state index >= 15 is 0 Å². The number of benzene rings is 1. The highest BCUT2D eigenvalue weighted by molar-refractivity contribution is 7.89. The Labute approximate surface area is 113 Å². The Hall–Kier alpha value is -0.980. The lowest BCUT2D eigenvalue weighted by Gasteiger charge is -2.21. The molecule has 0 atom stereocenters. The molecule has 106 valence electrons. The van der Waals surface area contributed by atoms with Gasteiger partial charge in [-0.15, -0.1) is 0 Å². The third-order valence-electron chi connectivity index (χ3n) is 3.11. The molecule has 1 aliphatic carbocycles. The number of hydrogen-bond acceptors (Lipinski definition) is 3. The third-order valence-corrected chi connectivity index (χ3v) is 4.93. The number of rotatable bonds is 7. The summed E-state index contributed by atoms with van der Waals surface area (Å²) in [6.45, 7) is 0.492. The molecule has 4 nitrogen and oxygen atoms in total. The van der Waals surface area contributed by atoms with Gasteiger partial charge >= 0.3 is 0 Å². The molecular formula is C13H18FNO3S. The molecule has 0 amide bonds. The standard InChI is InChI=1S/C13H18FNO3S/c1-18-8-9-19(16,17)15(13-6-7-13)10-11-2-4-12(14)5-3-11/h2-5,13H,6-10H2,1H3. The molecule has 6 heteroatoms. The topological polar surface area (TPSA) is 46.6 Å². The normalized spacial score (nSPS) is 15.9. The molecule has 0 saturated heterocycles. The van der Waals surface area contributed by atoms with Crippen LogP contribution in [0.4, 0.5) is 4.39 Å². The van der Waals surface area contributed by atoms with Crippen LogP contribution in [0.25, 0.3) is 0 Å². The summed E-state index contributed by atoms with van der Waals surface area (Å²) >= 11 is 0. The van der Waals surface area contributed by atoms with Crippen LogP contribution in [0.15, 0.2) is 24.3 Å². The highest BCUT2D eigenvalue weighted by atomic mass is 32.2. The zero-order valence-corrected chi connectivity index (χ0v) is 11.7. The molecule has 1 saturated carbocycles. The van der Waals surface area contributed by atoms with E-state index in [0.717, 1.165) is 18.4 Å². The average molecular weight is 287 g/mol. The van der Waals surface area contributed by atoms with Gasteiger partial charge in [0.15, 0.2) is 0 Å². The van der Waals surface area contributed by atoms with Gasteiger partial charge in [-0.3, -0.25) is 0 Å². The molecule has 0 unspecified atom stereocenters. The maximum Gasteiger partial charge on any atom is 0.216 e. The lowest BCUT2D eigenvalue weighted by atomic mass is 10.2. The lowest BCUT2D eigenvalue weighted by Crippen LogP contribution is -2.35. The van der Waals surface area contributed by atoms with Crippen molar-refractivity contribution >= 4 is 10.0 Å². The summed E-state index contributed by atoms with van der Waals surface area (Å²) < 4.78 is 43.6. The Morgan fingerprint density at radius 3 is 2.47 bits per heavy atom. The van der Waals surface area contributed by atoms with Crippen LogP contribution in [0.5, 0.6) is 0 Å². The van der Waals surface area contributed by atoms with E-state index in [1.165, 1.54) is 23.5 Å². The first-order valence-corrected chi connectivity index (χ1v) is 7.87. The second-order valence-corrected chi connectivity index (χ2v) is 6.75. The zero-order valence-electron chi connectivity index (χ0n) is 10.9. The summed E-state index contributed by atoms with van der Waals surface area (Å²) in [5, 5.41) is 0. The van der Waals surface area contributed by atoms with Gasteiger partial charge < -0.3 is 4.74 Å². The van der Waals surface area contributed by atoms with Crippen LogP contribution in [0.1, 0.15) is 18.4 Å². The van der Waals surface area contributed by atoms with Crippen LogP contribution in [-0.4, -0.2) is 38.2 Å². The van der Waals surface area contributed by atoms with Crippen molar-refractivity contribution in [1.82, 2.24) is 4.31 Å². The zero-order chi connectivity index (χ0) is 13.9. The second-order valence-electron chi connectivity index (χ2n) is 4.71. The Balaban J connectivity index is 2.10. The molecule has 0 bridgehead atoms. The minimum Gasteiger partial charge on any atom is -0.384 e. The summed E-state index contributed by atoms with van der Waals surface area (Å²) in [4.78, 5) is 0. The number of sulfonamides is 1. The fourth-order valence-electron chi connectivity index (χ4n) is 1.89. The molecule has 1 fully saturated rings.